The Hall–Kier alpha value is -2.90. The van der Waals surface area contributed by atoms with Crippen LogP contribution < -0.4 is 4.90 Å². The van der Waals surface area contributed by atoms with Crippen LogP contribution in [0.4, 0.5) is 14.7 Å². The number of amides is 2. The molecule has 1 saturated carbocycles. The standard InChI is InChI=1S/C18H16F2N4O2/c19-13-3-1-12(2-4-13)18(5-6-18)16(26)23-7-8-24(15(25)11-23)17-21-9-14(20)10-22-17/h1-4,9-10H,5-8,11H2. The number of carbonyl (C=O) groups excluding carboxylic acids is 2. The first-order valence-electron chi connectivity index (χ1n) is 8.33. The van der Waals surface area contributed by atoms with Gasteiger partial charge in [-0.05, 0) is 30.5 Å². The molecule has 1 saturated heterocycles. The van der Waals surface area contributed by atoms with Crippen molar-refractivity contribution in [3.05, 3.63) is 53.9 Å². The molecule has 26 heavy (non-hydrogen) atoms. The Kier molecular flexibility index (Phi) is 3.90. The van der Waals surface area contributed by atoms with Crippen LogP contribution in [0, 0.1) is 11.6 Å². The molecule has 1 aromatic carbocycles. The number of piperazine rings is 1. The Balaban J connectivity index is 1.48. The Bertz CT molecular complexity index is 850. The van der Waals surface area contributed by atoms with Gasteiger partial charge < -0.3 is 4.90 Å². The second-order valence-electron chi connectivity index (χ2n) is 6.56. The number of benzene rings is 1. The van der Waals surface area contributed by atoms with Crippen molar-refractivity contribution in [2.75, 3.05) is 24.5 Å². The molecule has 2 heterocycles. The number of nitrogens with zero attached hydrogens (tertiary/aromatic N) is 4. The van der Waals surface area contributed by atoms with E-state index in [9.17, 15) is 18.4 Å². The molecule has 8 heteroatoms. The van der Waals surface area contributed by atoms with Crippen molar-refractivity contribution in [1.82, 2.24) is 14.9 Å². The predicted molar refractivity (Wildman–Crippen MR) is 88.2 cm³/mol. The molecule has 0 bridgehead atoms. The summed E-state index contributed by atoms with van der Waals surface area (Å²) in [5, 5.41) is 0. The number of carbonyl (C=O) groups is 2. The van der Waals surface area contributed by atoms with Crippen LogP contribution in [-0.4, -0.2) is 46.3 Å². The summed E-state index contributed by atoms with van der Waals surface area (Å²) in [5.74, 6) is -1.23. The maximum atomic E-state index is 13.2. The molecule has 0 unspecified atom stereocenters. The van der Waals surface area contributed by atoms with Gasteiger partial charge in [-0.15, -0.1) is 0 Å². The SMILES string of the molecule is O=C1CN(C(=O)C2(c3ccc(F)cc3)CC2)CCN1c1ncc(F)cn1. The van der Waals surface area contributed by atoms with E-state index in [1.807, 2.05) is 0 Å². The van der Waals surface area contributed by atoms with Gasteiger partial charge in [0.05, 0.1) is 17.8 Å². The second kappa shape index (κ2) is 6.12. The molecule has 2 amide bonds. The van der Waals surface area contributed by atoms with Crippen molar-refractivity contribution < 1.29 is 18.4 Å². The Morgan fingerprint density at radius 1 is 1.00 bits per heavy atom. The molecule has 0 N–H and O–H groups in total. The van der Waals surface area contributed by atoms with Crippen molar-refractivity contribution in [1.29, 1.82) is 0 Å². The van der Waals surface area contributed by atoms with Gasteiger partial charge in [0.25, 0.3) is 0 Å². The van der Waals surface area contributed by atoms with E-state index in [1.165, 1.54) is 21.9 Å². The molecule has 0 spiro atoms. The minimum absolute atomic E-state index is 0.0808. The summed E-state index contributed by atoms with van der Waals surface area (Å²) in [5.41, 5.74) is 0.128. The van der Waals surface area contributed by atoms with Crippen LogP contribution in [0.5, 0.6) is 0 Å². The fourth-order valence-corrected chi connectivity index (χ4v) is 3.33. The van der Waals surface area contributed by atoms with E-state index in [0.29, 0.717) is 19.4 Å². The van der Waals surface area contributed by atoms with Crippen LogP contribution in [0.1, 0.15) is 18.4 Å². The number of halogens is 2. The Morgan fingerprint density at radius 2 is 1.65 bits per heavy atom. The Labute approximate surface area is 148 Å². The van der Waals surface area contributed by atoms with Gasteiger partial charge in [0.15, 0.2) is 5.82 Å². The molecular formula is C18H16F2N4O2. The first-order valence-corrected chi connectivity index (χ1v) is 8.33. The van der Waals surface area contributed by atoms with E-state index in [2.05, 4.69) is 9.97 Å². The van der Waals surface area contributed by atoms with Gasteiger partial charge in [-0.3, -0.25) is 14.5 Å². The molecule has 0 radical (unpaired) electrons. The highest BCUT2D eigenvalue weighted by atomic mass is 19.1. The highest BCUT2D eigenvalue weighted by molar-refractivity contribution is 5.99. The topological polar surface area (TPSA) is 66.4 Å². The molecule has 2 aromatic rings. The van der Waals surface area contributed by atoms with Crippen molar-refractivity contribution >= 4 is 17.8 Å². The summed E-state index contributed by atoms with van der Waals surface area (Å²) < 4.78 is 26.1. The fourth-order valence-electron chi connectivity index (χ4n) is 3.33. The largest absolute Gasteiger partial charge is 0.331 e. The summed E-state index contributed by atoms with van der Waals surface area (Å²) in [4.78, 5) is 35.9. The highest BCUT2D eigenvalue weighted by Gasteiger charge is 2.53. The van der Waals surface area contributed by atoms with Gasteiger partial charge >= 0.3 is 0 Å². The van der Waals surface area contributed by atoms with Gasteiger partial charge in [0.2, 0.25) is 17.8 Å². The first-order chi connectivity index (χ1) is 12.5. The minimum Gasteiger partial charge on any atom is -0.331 e. The van der Waals surface area contributed by atoms with Crippen LogP contribution in [0.2, 0.25) is 0 Å². The predicted octanol–water partition coefficient (Wildman–Crippen LogP) is 1.66. The number of hydrogen-bond donors (Lipinski definition) is 0. The molecule has 1 aliphatic heterocycles. The molecule has 1 aromatic heterocycles. The number of rotatable bonds is 3. The van der Waals surface area contributed by atoms with E-state index in [0.717, 1.165) is 18.0 Å². The minimum atomic E-state index is -0.650. The average molecular weight is 358 g/mol. The third-order valence-corrected chi connectivity index (χ3v) is 4.91. The summed E-state index contributed by atoms with van der Waals surface area (Å²) in [6.45, 7) is 0.506. The lowest BCUT2D eigenvalue weighted by molar-refractivity contribution is -0.139. The molecule has 0 atom stereocenters. The molecule has 134 valence electrons. The van der Waals surface area contributed by atoms with E-state index in [4.69, 9.17) is 0 Å². The lowest BCUT2D eigenvalue weighted by atomic mass is 9.94. The van der Waals surface area contributed by atoms with Crippen molar-refractivity contribution in [3.63, 3.8) is 0 Å². The first kappa shape index (κ1) is 16.6. The Morgan fingerprint density at radius 3 is 2.23 bits per heavy atom. The molecule has 6 nitrogen and oxygen atoms in total. The average Bonchev–Trinajstić information content (AvgIpc) is 3.44. The van der Waals surface area contributed by atoms with E-state index >= 15 is 0 Å². The summed E-state index contributed by atoms with van der Waals surface area (Å²) in [7, 11) is 0. The van der Waals surface area contributed by atoms with E-state index < -0.39 is 11.2 Å². The second-order valence-corrected chi connectivity index (χ2v) is 6.56. The smallest absolute Gasteiger partial charge is 0.249 e. The zero-order chi connectivity index (χ0) is 18.3. The molecular weight excluding hydrogens is 342 g/mol. The molecule has 2 fully saturated rings. The zero-order valence-corrected chi connectivity index (χ0v) is 13.9. The van der Waals surface area contributed by atoms with Crippen LogP contribution >= 0.6 is 0 Å². The van der Waals surface area contributed by atoms with Crippen molar-refractivity contribution in [3.8, 4) is 0 Å². The lowest BCUT2D eigenvalue weighted by Crippen LogP contribution is -2.55. The number of hydrogen-bond acceptors (Lipinski definition) is 4. The van der Waals surface area contributed by atoms with Crippen LogP contribution in [0.3, 0.4) is 0 Å². The lowest BCUT2D eigenvalue weighted by Gasteiger charge is -2.35. The van der Waals surface area contributed by atoms with Gasteiger partial charge in [0, 0.05) is 13.1 Å². The maximum absolute atomic E-state index is 13.2. The number of anilines is 1. The molecule has 2 aliphatic rings. The molecule has 1 aliphatic carbocycles. The van der Waals surface area contributed by atoms with Gasteiger partial charge in [-0.1, -0.05) is 12.1 Å². The van der Waals surface area contributed by atoms with Crippen LogP contribution in [0.15, 0.2) is 36.7 Å². The van der Waals surface area contributed by atoms with E-state index in [-0.39, 0.29) is 36.7 Å². The van der Waals surface area contributed by atoms with Gasteiger partial charge in [0.1, 0.15) is 12.4 Å². The summed E-state index contributed by atoms with van der Waals surface area (Å²) in [6, 6.07) is 5.95. The number of aromatic nitrogens is 2. The quantitative estimate of drug-likeness (QED) is 0.837. The van der Waals surface area contributed by atoms with Crippen LogP contribution in [0.25, 0.3) is 0 Å². The highest BCUT2D eigenvalue weighted by Crippen LogP contribution is 2.49. The third-order valence-electron chi connectivity index (χ3n) is 4.91. The molecule has 4 rings (SSSR count). The fraction of sp³-hybridized carbons (Fsp3) is 0.333. The van der Waals surface area contributed by atoms with Crippen LogP contribution in [-0.2, 0) is 15.0 Å². The van der Waals surface area contributed by atoms with Crippen molar-refractivity contribution in [2.24, 2.45) is 0 Å². The summed E-state index contributed by atoms with van der Waals surface area (Å²) in [6.07, 6.45) is 3.38. The normalized spacial score (nSPS) is 18.8. The maximum Gasteiger partial charge on any atom is 0.249 e. The third kappa shape index (κ3) is 2.81. The van der Waals surface area contributed by atoms with Crippen molar-refractivity contribution in [2.45, 2.75) is 18.3 Å². The van der Waals surface area contributed by atoms with Gasteiger partial charge in [-0.25, -0.2) is 18.7 Å². The van der Waals surface area contributed by atoms with E-state index in [1.54, 1.807) is 12.1 Å². The zero-order valence-electron chi connectivity index (χ0n) is 13.9. The summed E-state index contributed by atoms with van der Waals surface area (Å²) >= 11 is 0. The van der Waals surface area contributed by atoms with Gasteiger partial charge in [-0.2, -0.15) is 0 Å². The monoisotopic (exact) mass is 358 g/mol.